The molecule has 0 unspecified atom stereocenters. The van der Waals surface area contributed by atoms with Gasteiger partial charge >= 0.3 is 5.97 Å². The molecule has 0 aliphatic carbocycles. The monoisotopic (exact) mass is 208 g/mol. The summed E-state index contributed by atoms with van der Waals surface area (Å²) < 4.78 is 4.43. The van der Waals surface area contributed by atoms with Crippen molar-refractivity contribution in [1.29, 1.82) is 0 Å². The van der Waals surface area contributed by atoms with Gasteiger partial charge in [0.05, 0.1) is 13.5 Å². The van der Waals surface area contributed by atoms with Gasteiger partial charge in [0, 0.05) is 12.7 Å². The van der Waals surface area contributed by atoms with Gasteiger partial charge in [-0.25, -0.2) is 0 Å². The second-order valence-electron chi connectivity index (χ2n) is 2.80. The molecule has 0 aliphatic heterocycles. The Hall–Kier alpha value is -1.91. The number of ether oxygens (including phenoxy) is 1. The maximum absolute atomic E-state index is 11.4. The van der Waals surface area contributed by atoms with Crippen molar-refractivity contribution in [3.8, 4) is 0 Å². The van der Waals surface area contributed by atoms with Crippen molar-refractivity contribution in [2.24, 2.45) is 0 Å². The quantitative estimate of drug-likeness (QED) is 0.726. The van der Waals surface area contributed by atoms with Crippen LogP contribution in [0.25, 0.3) is 0 Å². The molecule has 1 aromatic rings. The van der Waals surface area contributed by atoms with Crippen LogP contribution in [0.5, 0.6) is 0 Å². The molecule has 15 heavy (non-hydrogen) atoms. The standard InChI is InChI=1S/C10H12N2O3/c1-15-9(13)5-7-12-10(14)8-4-2-3-6-11-8/h2-4,6H,5,7H2,1H3,(H,12,14). The highest BCUT2D eigenvalue weighted by Gasteiger charge is 2.06. The molecule has 1 N–H and O–H groups in total. The predicted octanol–water partition coefficient (Wildman–Crippen LogP) is 0.374. The third-order valence-corrected chi connectivity index (χ3v) is 1.74. The molecule has 0 aliphatic rings. The zero-order valence-electron chi connectivity index (χ0n) is 8.40. The number of hydrogen-bond acceptors (Lipinski definition) is 4. The van der Waals surface area contributed by atoms with Crippen LogP contribution in [-0.2, 0) is 9.53 Å². The van der Waals surface area contributed by atoms with Crippen molar-refractivity contribution in [1.82, 2.24) is 10.3 Å². The minimum absolute atomic E-state index is 0.162. The van der Waals surface area contributed by atoms with Crippen molar-refractivity contribution < 1.29 is 14.3 Å². The van der Waals surface area contributed by atoms with Crippen LogP contribution in [-0.4, -0.2) is 30.5 Å². The van der Waals surface area contributed by atoms with E-state index in [1.165, 1.54) is 13.3 Å². The summed E-state index contributed by atoms with van der Waals surface area (Å²) in [6.07, 6.45) is 1.70. The molecule has 80 valence electrons. The van der Waals surface area contributed by atoms with Gasteiger partial charge in [0.25, 0.3) is 5.91 Å². The number of nitrogens with zero attached hydrogens (tertiary/aromatic N) is 1. The van der Waals surface area contributed by atoms with Crippen LogP contribution >= 0.6 is 0 Å². The maximum atomic E-state index is 11.4. The molecule has 0 spiro atoms. The summed E-state index contributed by atoms with van der Waals surface area (Å²) in [7, 11) is 1.31. The fraction of sp³-hybridized carbons (Fsp3) is 0.300. The van der Waals surface area contributed by atoms with Gasteiger partial charge in [-0.3, -0.25) is 14.6 Å². The number of hydrogen-bond donors (Lipinski definition) is 1. The topological polar surface area (TPSA) is 68.3 Å². The average Bonchev–Trinajstić information content (AvgIpc) is 2.29. The van der Waals surface area contributed by atoms with Crippen LogP contribution in [0.2, 0.25) is 0 Å². The number of esters is 1. The molecule has 0 saturated carbocycles. The number of aromatic nitrogens is 1. The first-order chi connectivity index (χ1) is 7.24. The first-order valence-corrected chi connectivity index (χ1v) is 4.50. The lowest BCUT2D eigenvalue weighted by molar-refractivity contribution is -0.140. The predicted molar refractivity (Wildman–Crippen MR) is 53.2 cm³/mol. The van der Waals surface area contributed by atoms with E-state index in [-0.39, 0.29) is 24.8 Å². The Labute approximate surface area is 87.5 Å². The highest BCUT2D eigenvalue weighted by atomic mass is 16.5. The lowest BCUT2D eigenvalue weighted by atomic mass is 10.3. The molecule has 0 aromatic carbocycles. The van der Waals surface area contributed by atoms with Crippen molar-refractivity contribution in [2.75, 3.05) is 13.7 Å². The summed E-state index contributed by atoms with van der Waals surface area (Å²) >= 11 is 0. The zero-order valence-corrected chi connectivity index (χ0v) is 8.40. The first kappa shape index (κ1) is 11.2. The van der Waals surface area contributed by atoms with Gasteiger partial charge in [-0.05, 0) is 12.1 Å². The highest BCUT2D eigenvalue weighted by Crippen LogP contribution is 1.92. The van der Waals surface area contributed by atoms with Crippen LogP contribution < -0.4 is 5.32 Å². The van der Waals surface area contributed by atoms with Gasteiger partial charge in [-0.1, -0.05) is 6.07 Å². The summed E-state index contributed by atoms with van der Waals surface area (Å²) in [6.45, 7) is 0.252. The van der Waals surface area contributed by atoms with E-state index in [1.807, 2.05) is 0 Å². The Morgan fingerprint density at radius 2 is 2.27 bits per heavy atom. The molecule has 1 heterocycles. The van der Waals surface area contributed by atoms with E-state index in [1.54, 1.807) is 18.2 Å². The second kappa shape index (κ2) is 5.74. The summed E-state index contributed by atoms with van der Waals surface area (Å²) in [4.78, 5) is 26.0. The highest BCUT2D eigenvalue weighted by molar-refractivity contribution is 5.92. The van der Waals surface area contributed by atoms with Crippen molar-refractivity contribution >= 4 is 11.9 Å². The minimum atomic E-state index is -0.351. The largest absolute Gasteiger partial charge is 0.469 e. The number of rotatable bonds is 4. The molecule has 5 heteroatoms. The molecule has 0 radical (unpaired) electrons. The maximum Gasteiger partial charge on any atom is 0.307 e. The number of amides is 1. The Morgan fingerprint density at radius 3 is 2.87 bits per heavy atom. The smallest absolute Gasteiger partial charge is 0.307 e. The Bertz CT molecular complexity index is 338. The van der Waals surface area contributed by atoms with E-state index < -0.39 is 0 Å². The Kier molecular flexibility index (Phi) is 4.28. The lowest BCUT2D eigenvalue weighted by Gasteiger charge is -2.02. The molecule has 5 nitrogen and oxygen atoms in total. The number of carbonyl (C=O) groups excluding carboxylic acids is 2. The van der Waals surface area contributed by atoms with Gasteiger partial charge < -0.3 is 10.1 Å². The van der Waals surface area contributed by atoms with Crippen LogP contribution in [0.3, 0.4) is 0 Å². The zero-order chi connectivity index (χ0) is 11.1. The summed E-state index contributed by atoms with van der Waals surface area (Å²) in [6, 6.07) is 5.06. The molecule has 1 amide bonds. The van der Waals surface area contributed by atoms with Crippen LogP contribution in [0.15, 0.2) is 24.4 Å². The van der Waals surface area contributed by atoms with E-state index >= 15 is 0 Å². The van der Waals surface area contributed by atoms with Crippen molar-refractivity contribution in [3.05, 3.63) is 30.1 Å². The average molecular weight is 208 g/mol. The molecule has 0 fully saturated rings. The third kappa shape index (κ3) is 3.76. The van der Waals surface area contributed by atoms with Crippen LogP contribution in [0, 0.1) is 0 Å². The fourth-order valence-corrected chi connectivity index (χ4v) is 0.968. The SMILES string of the molecule is COC(=O)CCNC(=O)c1ccccn1. The van der Waals surface area contributed by atoms with Gasteiger partial charge in [0.15, 0.2) is 0 Å². The lowest BCUT2D eigenvalue weighted by Crippen LogP contribution is -2.26. The van der Waals surface area contributed by atoms with E-state index in [0.717, 1.165) is 0 Å². The number of nitrogens with one attached hydrogen (secondary N) is 1. The molecule has 1 rings (SSSR count). The normalized spacial score (nSPS) is 9.40. The van der Waals surface area contributed by atoms with E-state index in [0.29, 0.717) is 5.69 Å². The van der Waals surface area contributed by atoms with E-state index in [2.05, 4.69) is 15.0 Å². The van der Waals surface area contributed by atoms with Crippen LogP contribution in [0.4, 0.5) is 0 Å². The van der Waals surface area contributed by atoms with E-state index in [4.69, 9.17) is 0 Å². The fourth-order valence-electron chi connectivity index (χ4n) is 0.968. The minimum Gasteiger partial charge on any atom is -0.469 e. The van der Waals surface area contributed by atoms with Gasteiger partial charge in [0.2, 0.25) is 0 Å². The number of methoxy groups -OCH3 is 1. The van der Waals surface area contributed by atoms with Gasteiger partial charge in [0.1, 0.15) is 5.69 Å². The number of carbonyl (C=O) groups is 2. The summed E-state index contributed by atoms with van der Waals surface area (Å²) in [5, 5.41) is 2.56. The molecule has 1 aromatic heterocycles. The molecule has 0 saturated heterocycles. The Morgan fingerprint density at radius 1 is 1.47 bits per heavy atom. The first-order valence-electron chi connectivity index (χ1n) is 4.50. The summed E-state index contributed by atoms with van der Waals surface area (Å²) in [5.41, 5.74) is 0.336. The van der Waals surface area contributed by atoms with Gasteiger partial charge in [-0.15, -0.1) is 0 Å². The number of pyridine rings is 1. The summed E-state index contributed by atoms with van der Waals surface area (Å²) in [5.74, 6) is -0.643. The van der Waals surface area contributed by atoms with Crippen molar-refractivity contribution in [2.45, 2.75) is 6.42 Å². The molecular formula is C10H12N2O3. The second-order valence-corrected chi connectivity index (χ2v) is 2.80. The third-order valence-electron chi connectivity index (χ3n) is 1.74. The van der Waals surface area contributed by atoms with Gasteiger partial charge in [-0.2, -0.15) is 0 Å². The molecule has 0 bridgehead atoms. The van der Waals surface area contributed by atoms with Crippen LogP contribution in [0.1, 0.15) is 16.9 Å². The van der Waals surface area contributed by atoms with E-state index in [9.17, 15) is 9.59 Å². The Balaban J connectivity index is 2.34. The van der Waals surface area contributed by atoms with Crippen molar-refractivity contribution in [3.63, 3.8) is 0 Å². The molecular weight excluding hydrogens is 196 g/mol. The molecule has 0 atom stereocenters.